The average Bonchev–Trinajstić information content (AvgIpc) is 3.39. The van der Waals surface area contributed by atoms with E-state index in [4.69, 9.17) is 14.2 Å². The first-order chi connectivity index (χ1) is 18.9. The Balaban J connectivity index is 1.69. The maximum absolute atomic E-state index is 13.0. The zero-order valence-electron chi connectivity index (χ0n) is 22.6. The Morgan fingerprint density at radius 1 is 1.02 bits per heavy atom. The van der Waals surface area contributed by atoms with Crippen LogP contribution in [0.15, 0.2) is 72.0 Å². The van der Waals surface area contributed by atoms with E-state index in [0.29, 0.717) is 5.75 Å². The van der Waals surface area contributed by atoms with E-state index in [1.54, 1.807) is 45.0 Å². The lowest BCUT2D eigenvalue weighted by atomic mass is 10.1. The van der Waals surface area contributed by atoms with Crippen LogP contribution in [-0.2, 0) is 42.1 Å². The number of aromatic nitrogens is 2. The second-order valence-corrected chi connectivity index (χ2v) is 11.5. The molecular formula is C27H32N4O8S. The number of hydrogen-bond acceptors (Lipinski definition) is 9. The highest BCUT2D eigenvalue weighted by molar-refractivity contribution is 7.90. The van der Waals surface area contributed by atoms with Gasteiger partial charge in [0, 0.05) is 12.6 Å². The standard InChI is InChI=1S/C27H32N4O8S/c1-27(2,3)39-26(34)30-23(25(33)28-15-24(32)38-17-19-8-6-5-7-9-19)14-20-16-31(18-29-20)40(35,36)22-12-10-21(37-4)11-13-22/h5-13,16,18,23H,14-15,17H2,1-4H3,(H,28,33)(H,30,34)/t23-/m0/s1. The van der Waals surface area contributed by atoms with E-state index in [1.807, 2.05) is 6.07 Å². The SMILES string of the molecule is COc1ccc(S(=O)(=O)n2cnc(C[C@H](NC(=O)OC(C)(C)C)C(=O)NCC(=O)OCc3ccccc3)c2)cc1. The van der Waals surface area contributed by atoms with Crippen molar-refractivity contribution in [3.63, 3.8) is 0 Å². The lowest BCUT2D eigenvalue weighted by Gasteiger charge is -2.23. The summed E-state index contributed by atoms with van der Waals surface area (Å²) in [4.78, 5) is 41.7. The number of nitrogens with one attached hydrogen (secondary N) is 2. The van der Waals surface area contributed by atoms with Crippen molar-refractivity contribution in [2.45, 2.75) is 50.3 Å². The van der Waals surface area contributed by atoms with Gasteiger partial charge in [-0.1, -0.05) is 30.3 Å². The number of methoxy groups -OCH3 is 1. The van der Waals surface area contributed by atoms with Crippen molar-refractivity contribution in [1.29, 1.82) is 0 Å². The summed E-state index contributed by atoms with van der Waals surface area (Å²) in [6, 6.07) is 13.6. The summed E-state index contributed by atoms with van der Waals surface area (Å²) in [5.41, 5.74) is 0.146. The van der Waals surface area contributed by atoms with Crippen LogP contribution in [0, 0.1) is 0 Å². The van der Waals surface area contributed by atoms with Crippen LogP contribution in [0.25, 0.3) is 0 Å². The predicted octanol–water partition coefficient (Wildman–Crippen LogP) is 2.42. The van der Waals surface area contributed by atoms with Crippen molar-refractivity contribution in [3.8, 4) is 5.75 Å². The molecule has 2 N–H and O–H groups in total. The van der Waals surface area contributed by atoms with Gasteiger partial charge in [0.15, 0.2) is 0 Å². The molecule has 0 bridgehead atoms. The van der Waals surface area contributed by atoms with E-state index in [2.05, 4.69) is 15.6 Å². The van der Waals surface area contributed by atoms with Gasteiger partial charge in [-0.25, -0.2) is 22.2 Å². The first kappa shape index (κ1) is 30.2. The summed E-state index contributed by atoms with van der Waals surface area (Å²) in [7, 11) is -2.50. The number of amides is 2. The third kappa shape index (κ3) is 8.83. The predicted molar refractivity (Wildman–Crippen MR) is 144 cm³/mol. The van der Waals surface area contributed by atoms with E-state index < -0.39 is 46.2 Å². The first-order valence-corrected chi connectivity index (χ1v) is 13.7. The first-order valence-electron chi connectivity index (χ1n) is 12.3. The molecular weight excluding hydrogens is 540 g/mol. The van der Waals surface area contributed by atoms with Crippen LogP contribution < -0.4 is 15.4 Å². The zero-order valence-corrected chi connectivity index (χ0v) is 23.4. The lowest BCUT2D eigenvalue weighted by molar-refractivity contribution is -0.145. The molecule has 0 aliphatic heterocycles. The molecule has 0 aliphatic carbocycles. The van der Waals surface area contributed by atoms with Gasteiger partial charge in [0.25, 0.3) is 10.0 Å². The number of alkyl carbamates (subject to hydrolysis) is 1. The fraction of sp³-hybridized carbons (Fsp3) is 0.333. The Kier molecular flexibility index (Phi) is 9.88. The van der Waals surface area contributed by atoms with Gasteiger partial charge >= 0.3 is 12.1 Å². The summed E-state index contributed by atoms with van der Waals surface area (Å²) in [6.45, 7) is 4.58. The number of imidazole rings is 1. The van der Waals surface area contributed by atoms with Crippen LogP contribution in [0.5, 0.6) is 5.75 Å². The number of rotatable bonds is 11. The molecule has 0 aliphatic rings. The summed E-state index contributed by atoms with van der Waals surface area (Å²) in [5.74, 6) is -0.894. The van der Waals surface area contributed by atoms with Crippen LogP contribution >= 0.6 is 0 Å². The second-order valence-electron chi connectivity index (χ2n) is 9.64. The molecule has 40 heavy (non-hydrogen) atoms. The molecule has 0 saturated heterocycles. The highest BCUT2D eigenvalue weighted by atomic mass is 32.2. The number of benzene rings is 2. The van der Waals surface area contributed by atoms with Gasteiger partial charge in [-0.3, -0.25) is 9.59 Å². The molecule has 0 saturated carbocycles. The minimum Gasteiger partial charge on any atom is -0.497 e. The third-order valence-corrected chi connectivity index (χ3v) is 6.94. The quantitative estimate of drug-likeness (QED) is 0.330. The van der Waals surface area contributed by atoms with Crippen molar-refractivity contribution in [2.75, 3.05) is 13.7 Å². The van der Waals surface area contributed by atoms with Gasteiger partial charge in [0.1, 0.15) is 36.9 Å². The van der Waals surface area contributed by atoms with Crippen LogP contribution in [0.3, 0.4) is 0 Å². The van der Waals surface area contributed by atoms with Crippen molar-refractivity contribution >= 4 is 28.0 Å². The molecule has 0 radical (unpaired) electrons. The fourth-order valence-corrected chi connectivity index (χ4v) is 4.55. The van der Waals surface area contributed by atoms with Crippen molar-refractivity contribution in [3.05, 3.63) is 78.4 Å². The minimum atomic E-state index is -3.97. The number of esters is 1. The third-order valence-electron chi connectivity index (χ3n) is 5.32. The van der Waals surface area contributed by atoms with E-state index in [9.17, 15) is 22.8 Å². The van der Waals surface area contributed by atoms with Gasteiger partial charge in [-0.05, 0) is 50.6 Å². The molecule has 13 heteroatoms. The monoisotopic (exact) mass is 572 g/mol. The smallest absolute Gasteiger partial charge is 0.408 e. The lowest BCUT2D eigenvalue weighted by Crippen LogP contribution is -2.50. The molecule has 12 nitrogen and oxygen atoms in total. The summed E-state index contributed by atoms with van der Waals surface area (Å²) in [6.07, 6.45) is 1.28. The topological polar surface area (TPSA) is 155 Å². The van der Waals surface area contributed by atoms with Crippen molar-refractivity contribution in [1.82, 2.24) is 19.6 Å². The fourth-order valence-electron chi connectivity index (χ4n) is 3.39. The highest BCUT2D eigenvalue weighted by Crippen LogP contribution is 2.19. The van der Waals surface area contributed by atoms with Gasteiger partial charge in [0.05, 0.1) is 17.7 Å². The maximum Gasteiger partial charge on any atom is 0.408 e. The number of hydrogen-bond donors (Lipinski definition) is 2. The largest absolute Gasteiger partial charge is 0.497 e. The van der Waals surface area contributed by atoms with Crippen LogP contribution in [0.2, 0.25) is 0 Å². The molecule has 2 aromatic carbocycles. The molecule has 1 atom stereocenters. The summed E-state index contributed by atoms with van der Waals surface area (Å²) >= 11 is 0. The van der Waals surface area contributed by atoms with Crippen molar-refractivity contribution in [2.24, 2.45) is 0 Å². The van der Waals surface area contributed by atoms with E-state index >= 15 is 0 Å². The number of ether oxygens (including phenoxy) is 3. The maximum atomic E-state index is 13.0. The van der Waals surface area contributed by atoms with Crippen LogP contribution in [0.4, 0.5) is 4.79 Å². The Bertz CT molecular complexity index is 1410. The Hall–Kier alpha value is -4.39. The van der Waals surface area contributed by atoms with E-state index in [1.165, 1.54) is 37.6 Å². The molecule has 2 amide bonds. The highest BCUT2D eigenvalue weighted by Gasteiger charge is 2.27. The van der Waals surface area contributed by atoms with E-state index in [0.717, 1.165) is 15.9 Å². The van der Waals surface area contributed by atoms with Gasteiger partial charge in [-0.2, -0.15) is 0 Å². The van der Waals surface area contributed by atoms with Gasteiger partial charge in [0.2, 0.25) is 5.91 Å². The van der Waals surface area contributed by atoms with Gasteiger partial charge < -0.3 is 24.8 Å². The minimum absolute atomic E-state index is 0.00689. The van der Waals surface area contributed by atoms with Gasteiger partial charge in [-0.15, -0.1) is 0 Å². The Labute approximate surface area is 232 Å². The van der Waals surface area contributed by atoms with E-state index in [-0.39, 0.29) is 23.6 Å². The Morgan fingerprint density at radius 3 is 2.33 bits per heavy atom. The second kappa shape index (κ2) is 13.1. The molecule has 214 valence electrons. The average molecular weight is 573 g/mol. The summed E-state index contributed by atoms with van der Waals surface area (Å²) in [5, 5.41) is 4.89. The molecule has 3 rings (SSSR count). The Morgan fingerprint density at radius 2 is 1.70 bits per heavy atom. The summed E-state index contributed by atoms with van der Waals surface area (Å²) < 4.78 is 42.4. The molecule has 0 spiro atoms. The molecule has 3 aromatic rings. The number of nitrogens with zero attached hydrogens (tertiary/aromatic N) is 2. The van der Waals surface area contributed by atoms with Crippen LogP contribution in [-0.4, -0.2) is 60.6 Å². The van der Waals surface area contributed by atoms with Crippen LogP contribution in [0.1, 0.15) is 32.0 Å². The van der Waals surface area contributed by atoms with Crippen molar-refractivity contribution < 1.29 is 37.0 Å². The molecule has 1 heterocycles. The zero-order chi connectivity index (χ0) is 29.3. The molecule has 0 fully saturated rings. The number of carbonyl (C=O) groups is 3. The molecule has 0 unspecified atom stereocenters. The molecule has 1 aromatic heterocycles. The number of carbonyl (C=O) groups excluding carboxylic acids is 3. The normalized spacial score (nSPS) is 12.2.